The van der Waals surface area contributed by atoms with Gasteiger partial charge in [0.05, 0.1) is 39.7 Å². The van der Waals surface area contributed by atoms with E-state index in [0.717, 1.165) is 43.4 Å². The first kappa shape index (κ1) is 36.1. The van der Waals surface area contributed by atoms with Gasteiger partial charge in [0.15, 0.2) is 23.9 Å². The van der Waals surface area contributed by atoms with Crippen LogP contribution in [0.4, 0.5) is 10.1 Å². The summed E-state index contributed by atoms with van der Waals surface area (Å²) < 4.78 is 33.9. The normalized spacial score (nSPS) is 39.1. The lowest BCUT2D eigenvalue weighted by Crippen LogP contribution is -2.64. The van der Waals surface area contributed by atoms with Gasteiger partial charge in [-0.25, -0.2) is 9.38 Å². The van der Waals surface area contributed by atoms with E-state index in [0.29, 0.717) is 29.2 Å². The van der Waals surface area contributed by atoms with E-state index in [1.54, 1.807) is 18.3 Å². The molecule has 5 aliphatic rings. The molecule has 3 N–H and O–H groups in total. The third-order valence-corrected chi connectivity index (χ3v) is 16.6. The maximum absolute atomic E-state index is 14.5. The lowest BCUT2D eigenvalue weighted by atomic mass is 9.45. The number of hydrogen-bond donors (Lipinski definition) is 2. The Morgan fingerprint density at radius 2 is 2.06 bits per heavy atom. The van der Waals surface area contributed by atoms with Gasteiger partial charge in [0.2, 0.25) is 0 Å². The van der Waals surface area contributed by atoms with Crippen molar-refractivity contribution in [2.75, 3.05) is 12.8 Å². The first-order chi connectivity index (χ1) is 22.6. The average Bonchev–Trinajstić information content (AvgIpc) is 3.50. The number of nitrogens with two attached hydrogens (primary N) is 1. The lowest BCUT2D eigenvalue weighted by molar-refractivity contribution is -0.203. The maximum Gasteiger partial charge on any atom is 0.345 e. The van der Waals surface area contributed by atoms with Crippen molar-refractivity contribution in [1.29, 1.82) is 0 Å². The van der Waals surface area contributed by atoms with Crippen LogP contribution < -0.4 is 5.73 Å². The van der Waals surface area contributed by atoms with Gasteiger partial charge >= 0.3 is 8.80 Å². The first-order valence-electron chi connectivity index (χ1n) is 17.7. The highest BCUT2D eigenvalue weighted by Gasteiger charge is 2.76. The number of ether oxygens (including phenoxy) is 3. The molecule has 0 radical (unpaired) electrons. The van der Waals surface area contributed by atoms with Crippen LogP contribution in [-0.4, -0.2) is 62.3 Å². The molecule has 1 saturated heterocycles. The second kappa shape index (κ2) is 13.1. The molecule has 9 atom stereocenters. The molecule has 6 rings (SSSR count). The second-order valence-electron chi connectivity index (χ2n) is 16.5. The van der Waals surface area contributed by atoms with Crippen LogP contribution in [0, 0.1) is 34.4 Å². The van der Waals surface area contributed by atoms with Gasteiger partial charge in [-0.15, -0.1) is 0 Å². The van der Waals surface area contributed by atoms with Crippen LogP contribution in [0.15, 0.2) is 51.1 Å². The molecule has 7 nitrogen and oxygen atoms in total. The van der Waals surface area contributed by atoms with E-state index >= 15 is 0 Å². The van der Waals surface area contributed by atoms with Crippen molar-refractivity contribution in [2.24, 2.45) is 39.3 Å². The zero-order valence-electron chi connectivity index (χ0n) is 29.6. The van der Waals surface area contributed by atoms with E-state index in [2.05, 4.69) is 70.1 Å². The number of hydrogen-bond acceptors (Lipinski definition) is 7. The van der Waals surface area contributed by atoms with E-state index in [1.165, 1.54) is 11.6 Å². The number of halogens is 2. The number of carbonyl (C=O) groups is 1. The molecule has 1 heterocycles. The number of nitrogens with zero attached hydrogens (tertiary/aromatic N) is 1. The number of Topliss-reactive ketones (excluding diaryl/α,β-unsaturated/α-hetero) is 1. The monoisotopic (exact) mass is 743 g/mol. The van der Waals surface area contributed by atoms with Gasteiger partial charge in [-0.2, -0.15) is 0 Å². The van der Waals surface area contributed by atoms with E-state index in [1.807, 2.05) is 0 Å². The molecule has 1 aromatic rings. The zero-order valence-corrected chi connectivity index (χ0v) is 32.2. The predicted octanol–water partition coefficient (Wildman–Crippen LogP) is 7.99. The van der Waals surface area contributed by atoms with Gasteiger partial charge in [0.1, 0.15) is 12.4 Å². The number of allylic oxidation sites excluding steroid dienone is 3. The maximum atomic E-state index is 14.5. The summed E-state index contributed by atoms with van der Waals surface area (Å²) in [4.78, 5) is 19.4. The molecule has 1 aliphatic heterocycles. The van der Waals surface area contributed by atoms with Crippen LogP contribution in [0.5, 0.6) is 0 Å². The molecule has 10 heteroatoms. The Bertz CT molecular complexity index is 1530. The van der Waals surface area contributed by atoms with Gasteiger partial charge < -0.3 is 25.1 Å². The van der Waals surface area contributed by atoms with Gasteiger partial charge in [0.25, 0.3) is 0 Å². The fraction of sp³-hybridized carbons (Fsp3) is 0.684. The summed E-state index contributed by atoms with van der Waals surface area (Å²) in [6, 6.07) is 4.74. The summed E-state index contributed by atoms with van der Waals surface area (Å²) in [6.45, 7) is 15.5. The Balaban J connectivity index is 1.31. The lowest BCUT2D eigenvalue weighted by Gasteiger charge is -2.60. The number of rotatable bonds is 8. The van der Waals surface area contributed by atoms with E-state index in [9.17, 15) is 14.3 Å². The molecule has 4 unspecified atom stereocenters. The van der Waals surface area contributed by atoms with Crippen molar-refractivity contribution >= 4 is 41.9 Å². The minimum Gasteiger partial charge on any atom is -0.404 e. The van der Waals surface area contributed by atoms with Crippen molar-refractivity contribution < 1.29 is 28.5 Å². The quantitative estimate of drug-likeness (QED) is 0.262. The largest absolute Gasteiger partial charge is 0.404 e. The molecule has 262 valence electrons. The Morgan fingerprint density at radius 1 is 1.31 bits per heavy atom. The van der Waals surface area contributed by atoms with Crippen molar-refractivity contribution in [3.63, 3.8) is 0 Å². The number of aliphatic imine (C=N–C) groups is 1. The number of aliphatic hydroxyl groups is 1. The third-order valence-electron chi connectivity index (χ3n) is 12.8. The van der Waals surface area contributed by atoms with Gasteiger partial charge in [-0.05, 0) is 134 Å². The highest BCUT2D eigenvalue weighted by atomic mass is 79.9. The molecule has 0 aromatic heterocycles. The minimum atomic E-state index is -1.14. The second-order valence-corrected chi connectivity index (χ2v) is 20.7. The van der Waals surface area contributed by atoms with Crippen molar-refractivity contribution in [3.8, 4) is 0 Å². The number of fused-ring (bicyclic) bond motifs is 7. The number of benzene rings is 1. The summed E-state index contributed by atoms with van der Waals surface area (Å²) >= 11 is 3.27. The third kappa shape index (κ3) is 5.84. The van der Waals surface area contributed by atoms with Crippen LogP contribution in [0.2, 0.25) is 11.6 Å². The van der Waals surface area contributed by atoms with Crippen molar-refractivity contribution in [1.82, 2.24) is 0 Å². The molecule has 0 bridgehead atoms. The highest BCUT2D eigenvalue weighted by molar-refractivity contribution is 9.10. The molecular formula is C38H53BrFN2O5Si+. The summed E-state index contributed by atoms with van der Waals surface area (Å²) in [5.74, 6) is -0.0473. The van der Waals surface area contributed by atoms with Gasteiger partial charge in [0, 0.05) is 5.41 Å². The highest BCUT2D eigenvalue weighted by Crippen LogP contribution is 2.70. The summed E-state index contributed by atoms with van der Waals surface area (Å²) in [5.41, 5.74) is 7.79. The number of ketones is 1. The van der Waals surface area contributed by atoms with Gasteiger partial charge in [-0.3, -0.25) is 4.79 Å². The molecular weight excluding hydrogens is 691 g/mol. The molecule has 48 heavy (non-hydrogen) atoms. The number of aliphatic hydroxyl groups excluding tert-OH is 1. The zero-order chi connectivity index (χ0) is 34.8. The van der Waals surface area contributed by atoms with E-state index in [4.69, 9.17) is 24.9 Å². The van der Waals surface area contributed by atoms with E-state index in [-0.39, 0.29) is 52.5 Å². The van der Waals surface area contributed by atoms with Crippen LogP contribution in [0.25, 0.3) is 0 Å². The average molecular weight is 745 g/mol. The summed E-state index contributed by atoms with van der Waals surface area (Å²) in [7, 11) is -0.809. The van der Waals surface area contributed by atoms with E-state index < -0.39 is 32.2 Å². The molecule has 4 fully saturated rings. The molecule has 3 saturated carbocycles. The Labute approximate surface area is 295 Å². The SMILES string of the molecule is CCCC1O[C@@H]2CC3[C@@H]4CCC5=CC(=Nc6ccc(F)c(Br)c6)C(=CN)C[C@]5(C)C4C(O)C[C@]3(C)[C@]2(C(=O)COC[Si+](C)C(C)(C)C)O1. The molecule has 0 amide bonds. The van der Waals surface area contributed by atoms with Crippen LogP contribution >= 0.6 is 15.9 Å². The van der Waals surface area contributed by atoms with Crippen LogP contribution in [-0.2, 0) is 19.0 Å². The number of carbonyl (C=O) groups excluding carboxylic acids is 1. The topological polar surface area (TPSA) is 103 Å². The van der Waals surface area contributed by atoms with Crippen molar-refractivity contribution in [2.45, 2.75) is 122 Å². The summed E-state index contributed by atoms with van der Waals surface area (Å²) in [6.07, 6.45) is 8.20. The summed E-state index contributed by atoms with van der Waals surface area (Å²) in [5, 5.41) is 12.5. The fourth-order valence-corrected chi connectivity index (χ4v) is 11.1. The van der Waals surface area contributed by atoms with Crippen LogP contribution in [0.3, 0.4) is 0 Å². The van der Waals surface area contributed by atoms with Gasteiger partial charge in [-0.1, -0.05) is 32.8 Å². The molecule has 1 aromatic carbocycles. The standard InChI is InChI=1S/C38H53BrFN2O5Si/c1-8-9-33-46-32-16-26-25-12-10-23-14-29(42-24-11-13-28(40)27(39)15-24)22(19-41)17-36(23,5)34(25)30(43)18-37(26,6)38(32,47-33)31(44)20-45-21-48(7)35(2,3)4/h11,13-15,19,25-26,30,32-34,43H,8-10,12,16-18,20-21,41H2,1-7H3/q+1/t25-,26?,30?,32+,33?,34?,36-,37-,38+/m0/s1. The Morgan fingerprint density at radius 3 is 2.73 bits per heavy atom. The molecule has 0 spiro atoms. The van der Waals surface area contributed by atoms with Crippen LogP contribution in [0.1, 0.15) is 86.5 Å². The predicted molar refractivity (Wildman–Crippen MR) is 192 cm³/mol. The Kier molecular flexibility index (Phi) is 9.88. The fourth-order valence-electron chi connectivity index (χ4n) is 9.93. The smallest absolute Gasteiger partial charge is 0.345 e. The van der Waals surface area contributed by atoms with Crippen molar-refractivity contribution in [3.05, 3.63) is 51.9 Å². The Hall–Kier alpha value is -1.69. The molecule has 4 aliphatic carbocycles. The minimum absolute atomic E-state index is 0.00524. The first-order valence-corrected chi connectivity index (χ1v) is 20.7.